The standard InChI is InChI=1S/C16H19FN2O3/c1-11(12-5-7-13(17)8-6-12)19-15(20)18-10-16(2,21)14-4-3-9-22-14/h3-9,11,21H,10H2,1-2H3,(H2,18,19,20). The molecular weight excluding hydrogens is 287 g/mol. The number of carbonyl (C=O) groups is 1. The zero-order valence-corrected chi connectivity index (χ0v) is 12.5. The van der Waals surface area contributed by atoms with Crippen LogP contribution >= 0.6 is 0 Å². The monoisotopic (exact) mass is 306 g/mol. The average Bonchev–Trinajstić information content (AvgIpc) is 3.01. The van der Waals surface area contributed by atoms with Gasteiger partial charge in [0.25, 0.3) is 0 Å². The number of amides is 2. The number of aliphatic hydroxyl groups is 1. The number of rotatable bonds is 5. The lowest BCUT2D eigenvalue weighted by atomic mass is 10.0. The van der Waals surface area contributed by atoms with Crippen molar-refractivity contribution in [1.82, 2.24) is 10.6 Å². The molecule has 0 aliphatic rings. The molecule has 3 N–H and O–H groups in total. The molecule has 2 amide bonds. The Labute approximate surface area is 128 Å². The van der Waals surface area contributed by atoms with Crippen LogP contribution in [-0.2, 0) is 5.60 Å². The highest BCUT2D eigenvalue weighted by molar-refractivity contribution is 5.74. The van der Waals surface area contributed by atoms with Crippen molar-refractivity contribution >= 4 is 6.03 Å². The van der Waals surface area contributed by atoms with E-state index in [9.17, 15) is 14.3 Å². The molecule has 0 fully saturated rings. The van der Waals surface area contributed by atoms with Crippen LogP contribution < -0.4 is 10.6 Å². The molecule has 0 aliphatic carbocycles. The normalized spacial score (nSPS) is 14.9. The first-order valence-corrected chi connectivity index (χ1v) is 6.95. The van der Waals surface area contributed by atoms with E-state index in [1.165, 1.54) is 18.4 Å². The Hall–Kier alpha value is -2.34. The second-order valence-electron chi connectivity index (χ2n) is 5.35. The Morgan fingerprint density at radius 2 is 2.05 bits per heavy atom. The molecule has 2 aromatic rings. The summed E-state index contributed by atoms with van der Waals surface area (Å²) in [7, 11) is 0. The molecule has 22 heavy (non-hydrogen) atoms. The highest BCUT2D eigenvalue weighted by Crippen LogP contribution is 2.19. The van der Waals surface area contributed by atoms with Crippen molar-refractivity contribution in [3.8, 4) is 0 Å². The topological polar surface area (TPSA) is 74.5 Å². The fourth-order valence-corrected chi connectivity index (χ4v) is 2.01. The van der Waals surface area contributed by atoms with E-state index in [0.717, 1.165) is 5.56 Å². The number of hydrogen-bond donors (Lipinski definition) is 3. The largest absolute Gasteiger partial charge is 0.466 e. The lowest BCUT2D eigenvalue weighted by Crippen LogP contribution is -2.44. The Kier molecular flexibility index (Phi) is 4.82. The molecule has 2 unspecified atom stereocenters. The van der Waals surface area contributed by atoms with Gasteiger partial charge in [-0.2, -0.15) is 0 Å². The van der Waals surface area contributed by atoms with Gasteiger partial charge in [-0.05, 0) is 43.7 Å². The average molecular weight is 306 g/mol. The molecule has 5 nitrogen and oxygen atoms in total. The molecule has 1 aromatic carbocycles. The highest BCUT2D eigenvalue weighted by Gasteiger charge is 2.26. The van der Waals surface area contributed by atoms with E-state index >= 15 is 0 Å². The molecular formula is C16H19FN2O3. The summed E-state index contributed by atoms with van der Waals surface area (Å²) < 4.78 is 18.0. The fraction of sp³-hybridized carbons (Fsp3) is 0.312. The number of carbonyl (C=O) groups excluding carboxylic acids is 1. The van der Waals surface area contributed by atoms with Gasteiger partial charge in [-0.1, -0.05) is 12.1 Å². The van der Waals surface area contributed by atoms with E-state index in [2.05, 4.69) is 10.6 Å². The minimum atomic E-state index is -1.29. The van der Waals surface area contributed by atoms with Crippen molar-refractivity contribution in [2.45, 2.75) is 25.5 Å². The van der Waals surface area contributed by atoms with Crippen LogP contribution in [0.25, 0.3) is 0 Å². The molecule has 1 heterocycles. The van der Waals surface area contributed by atoms with Crippen LogP contribution in [-0.4, -0.2) is 17.7 Å². The van der Waals surface area contributed by atoms with Crippen LogP contribution in [0, 0.1) is 5.82 Å². The smallest absolute Gasteiger partial charge is 0.315 e. The first-order valence-electron chi connectivity index (χ1n) is 6.95. The quantitative estimate of drug-likeness (QED) is 0.795. The molecule has 0 radical (unpaired) electrons. The van der Waals surface area contributed by atoms with E-state index in [1.54, 1.807) is 38.1 Å². The van der Waals surface area contributed by atoms with Crippen molar-refractivity contribution in [2.75, 3.05) is 6.54 Å². The first-order chi connectivity index (χ1) is 10.4. The lowest BCUT2D eigenvalue weighted by molar-refractivity contribution is 0.0366. The Balaban J connectivity index is 1.86. The van der Waals surface area contributed by atoms with Gasteiger partial charge in [0.15, 0.2) is 0 Å². The maximum atomic E-state index is 12.9. The van der Waals surface area contributed by atoms with E-state index < -0.39 is 11.6 Å². The second-order valence-corrected chi connectivity index (χ2v) is 5.35. The number of benzene rings is 1. The number of furan rings is 1. The van der Waals surface area contributed by atoms with E-state index in [-0.39, 0.29) is 18.4 Å². The van der Waals surface area contributed by atoms with Gasteiger partial charge in [-0.15, -0.1) is 0 Å². The van der Waals surface area contributed by atoms with Gasteiger partial charge in [0, 0.05) is 0 Å². The van der Waals surface area contributed by atoms with Crippen LogP contribution in [0.3, 0.4) is 0 Å². The summed E-state index contributed by atoms with van der Waals surface area (Å²) in [6.07, 6.45) is 1.46. The first kappa shape index (κ1) is 16.0. The van der Waals surface area contributed by atoms with Crippen LogP contribution in [0.15, 0.2) is 47.1 Å². The number of nitrogens with one attached hydrogen (secondary N) is 2. The number of halogens is 1. The molecule has 2 rings (SSSR count). The van der Waals surface area contributed by atoms with Gasteiger partial charge in [-0.3, -0.25) is 0 Å². The molecule has 0 saturated heterocycles. The van der Waals surface area contributed by atoms with Gasteiger partial charge in [0.05, 0.1) is 18.8 Å². The van der Waals surface area contributed by atoms with E-state index in [0.29, 0.717) is 5.76 Å². The van der Waals surface area contributed by atoms with Crippen molar-refractivity contribution in [3.63, 3.8) is 0 Å². The highest BCUT2D eigenvalue weighted by atomic mass is 19.1. The summed E-state index contributed by atoms with van der Waals surface area (Å²) in [6.45, 7) is 3.34. The van der Waals surface area contributed by atoms with E-state index in [1.807, 2.05) is 0 Å². The molecule has 0 saturated carbocycles. The Morgan fingerprint density at radius 3 is 2.64 bits per heavy atom. The summed E-state index contributed by atoms with van der Waals surface area (Å²) in [5, 5.41) is 15.5. The fourth-order valence-electron chi connectivity index (χ4n) is 2.01. The third-order valence-electron chi connectivity index (χ3n) is 3.36. The second kappa shape index (κ2) is 6.62. The number of urea groups is 1. The van der Waals surface area contributed by atoms with E-state index in [4.69, 9.17) is 4.42 Å². The van der Waals surface area contributed by atoms with Gasteiger partial charge in [0.2, 0.25) is 0 Å². The third kappa shape index (κ3) is 4.08. The van der Waals surface area contributed by atoms with Crippen molar-refractivity contribution in [3.05, 3.63) is 59.8 Å². The maximum Gasteiger partial charge on any atom is 0.315 e. The number of hydrogen-bond acceptors (Lipinski definition) is 3. The van der Waals surface area contributed by atoms with Crippen molar-refractivity contribution < 1.29 is 18.7 Å². The Morgan fingerprint density at radius 1 is 1.36 bits per heavy atom. The zero-order chi connectivity index (χ0) is 16.2. The van der Waals surface area contributed by atoms with Crippen LogP contribution in [0.5, 0.6) is 0 Å². The summed E-state index contributed by atoms with van der Waals surface area (Å²) in [4.78, 5) is 11.9. The zero-order valence-electron chi connectivity index (χ0n) is 12.5. The van der Waals surface area contributed by atoms with Crippen molar-refractivity contribution in [1.29, 1.82) is 0 Å². The predicted molar refractivity (Wildman–Crippen MR) is 79.6 cm³/mol. The van der Waals surface area contributed by atoms with Gasteiger partial charge >= 0.3 is 6.03 Å². The summed E-state index contributed by atoms with van der Waals surface area (Å²) in [5.41, 5.74) is -0.505. The third-order valence-corrected chi connectivity index (χ3v) is 3.36. The Bertz CT molecular complexity index is 609. The predicted octanol–water partition coefficient (Wildman–Crippen LogP) is 2.69. The summed E-state index contributed by atoms with van der Waals surface area (Å²) in [5.74, 6) is 0.0503. The van der Waals surface area contributed by atoms with Crippen molar-refractivity contribution in [2.24, 2.45) is 0 Å². The van der Waals surface area contributed by atoms with Gasteiger partial charge < -0.3 is 20.2 Å². The van der Waals surface area contributed by atoms with Crippen LogP contribution in [0.1, 0.15) is 31.2 Å². The van der Waals surface area contributed by atoms with Crippen LogP contribution in [0.2, 0.25) is 0 Å². The van der Waals surface area contributed by atoms with Gasteiger partial charge in [-0.25, -0.2) is 9.18 Å². The SMILES string of the molecule is CC(NC(=O)NCC(C)(O)c1ccco1)c1ccc(F)cc1. The molecule has 0 spiro atoms. The van der Waals surface area contributed by atoms with Crippen LogP contribution in [0.4, 0.5) is 9.18 Å². The minimum Gasteiger partial charge on any atom is -0.466 e. The maximum absolute atomic E-state index is 12.9. The molecule has 0 aliphatic heterocycles. The molecule has 118 valence electrons. The van der Waals surface area contributed by atoms with Gasteiger partial charge in [0.1, 0.15) is 17.2 Å². The lowest BCUT2D eigenvalue weighted by Gasteiger charge is -2.22. The minimum absolute atomic E-state index is 0.00246. The molecule has 1 aromatic heterocycles. The summed E-state index contributed by atoms with van der Waals surface area (Å²) in [6, 6.07) is 8.50. The molecule has 2 atom stereocenters. The summed E-state index contributed by atoms with van der Waals surface area (Å²) >= 11 is 0. The molecule has 6 heteroatoms. The molecule has 0 bridgehead atoms.